The minimum absolute atomic E-state index is 0.0554. The molecule has 1 amide bonds. The van der Waals surface area contributed by atoms with E-state index in [1.807, 2.05) is 30.3 Å². The van der Waals surface area contributed by atoms with Crippen LogP contribution in [0.1, 0.15) is 18.7 Å². The molecule has 0 saturated heterocycles. The maximum atomic E-state index is 11.9. The molecule has 0 aliphatic rings. The van der Waals surface area contributed by atoms with Gasteiger partial charge in [-0.15, -0.1) is 0 Å². The number of nitrogens with zero attached hydrogens (tertiary/aromatic N) is 2. The molecule has 3 aromatic rings. The summed E-state index contributed by atoms with van der Waals surface area (Å²) >= 11 is 5.81. The van der Waals surface area contributed by atoms with Gasteiger partial charge in [0.15, 0.2) is 0 Å². The lowest BCUT2D eigenvalue weighted by molar-refractivity contribution is -0.116. The molecule has 0 saturated carbocycles. The second kappa shape index (κ2) is 7.75. The monoisotopic (exact) mass is 341 g/mol. The van der Waals surface area contributed by atoms with Crippen LogP contribution in [0, 0.1) is 0 Å². The van der Waals surface area contributed by atoms with Crippen LogP contribution in [0.5, 0.6) is 0 Å². The van der Waals surface area contributed by atoms with Crippen molar-refractivity contribution in [1.29, 1.82) is 0 Å². The van der Waals surface area contributed by atoms with E-state index in [2.05, 4.69) is 15.5 Å². The average molecular weight is 342 g/mol. The molecule has 24 heavy (non-hydrogen) atoms. The fraction of sp³-hybridized carbons (Fsp3) is 0.167. The number of rotatable bonds is 6. The number of benzene rings is 2. The van der Waals surface area contributed by atoms with Crippen molar-refractivity contribution in [3.8, 4) is 11.4 Å². The van der Waals surface area contributed by atoms with Crippen molar-refractivity contribution in [2.75, 3.05) is 5.32 Å². The molecule has 0 radical (unpaired) electrons. The predicted octanol–water partition coefficient (Wildman–Crippen LogP) is 4.35. The lowest BCUT2D eigenvalue weighted by Crippen LogP contribution is -2.11. The maximum Gasteiger partial charge on any atom is 0.226 e. The number of anilines is 1. The Morgan fingerprint density at radius 2 is 1.83 bits per heavy atom. The van der Waals surface area contributed by atoms with Crippen molar-refractivity contribution in [3.63, 3.8) is 0 Å². The molecule has 0 fully saturated rings. The van der Waals surface area contributed by atoms with Crippen LogP contribution in [-0.4, -0.2) is 16.0 Å². The summed E-state index contributed by atoms with van der Waals surface area (Å²) < 4.78 is 5.22. The van der Waals surface area contributed by atoms with Gasteiger partial charge in [-0.1, -0.05) is 47.1 Å². The van der Waals surface area contributed by atoms with Gasteiger partial charge in [-0.3, -0.25) is 4.79 Å². The predicted molar refractivity (Wildman–Crippen MR) is 92.8 cm³/mol. The zero-order chi connectivity index (χ0) is 16.8. The van der Waals surface area contributed by atoms with E-state index in [9.17, 15) is 4.79 Å². The van der Waals surface area contributed by atoms with Crippen LogP contribution in [0.25, 0.3) is 11.4 Å². The number of carbonyl (C=O) groups excluding carboxylic acids is 1. The molecule has 0 aliphatic carbocycles. The molecule has 0 bridgehead atoms. The molecule has 0 aliphatic heterocycles. The first-order chi connectivity index (χ1) is 11.7. The van der Waals surface area contributed by atoms with Crippen molar-refractivity contribution in [1.82, 2.24) is 10.1 Å². The number of hydrogen-bond acceptors (Lipinski definition) is 4. The van der Waals surface area contributed by atoms with Crippen molar-refractivity contribution >= 4 is 23.2 Å². The summed E-state index contributed by atoms with van der Waals surface area (Å²) in [5, 5.41) is 7.42. The van der Waals surface area contributed by atoms with Crippen LogP contribution in [0.3, 0.4) is 0 Å². The third-order valence-electron chi connectivity index (χ3n) is 3.42. The Morgan fingerprint density at radius 3 is 2.58 bits per heavy atom. The van der Waals surface area contributed by atoms with Crippen molar-refractivity contribution < 1.29 is 9.32 Å². The smallest absolute Gasteiger partial charge is 0.226 e. The molecule has 6 heteroatoms. The molecule has 0 spiro atoms. The summed E-state index contributed by atoms with van der Waals surface area (Å²) in [6.45, 7) is 0. The number of carbonyl (C=O) groups is 1. The van der Waals surface area contributed by atoms with E-state index >= 15 is 0 Å². The highest BCUT2D eigenvalue weighted by molar-refractivity contribution is 6.30. The molecule has 2 aromatic carbocycles. The number of halogens is 1. The molecule has 1 heterocycles. The molecular formula is C18H16ClN3O2. The number of amides is 1. The Bertz CT molecular complexity index is 801. The second-order valence-electron chi connectivity index (χ2n) is 5.29. The number of nitrogens with one attached hydrogen (secondary N) is 1. The molecule has 0 atom stereocenters. The summed E-state index contributed by atoms with van der Waals surface area (Å²) in [4.78, 5) is 16.3. The third-order valence-corrected chi connectivity index (χ3v) is 3.67. The van der Waals surface area contributed by atoms with Gasteiger partial charge >= 0.3 is 0 Å². The van der Waals surface area contributed by atoms with E-state index in [4.69, 9.17) is 16.1 Å². The van der Waals surface area contributed by atoms with Crippen LogP contribution in [0.15, 0.2) is 59.1 Å². The lowest BCUT2D eigenvalue weighted by Gasteiger charge is -2.04. The van der Waals surface area contributed by atoms with Crippen LogP contribution in [-0.2, 0) is 11.2 Å². The number of hydrogen-bond donors (Lipinski definition) is 1. The van der Waals surface area contributed by atoms with Crippen molar-refractivity contribution in [3.05, 3.63) is 65.5 Å². The average Bonchev–Trinajstić information content (AvgIpc) is 3.07. The van der Waals surface area contributed by atoms with Gasteiger partial charge in [0.05, 0.1) is 0 Å². The number of aromatic nitrogens is 2. The van der Waals surface area contributed by atoms with Crippen LogP contribution in [0.2, 0.25) is 5.02 Å². The van der Waals surface area contributed by atoms with Gasteiger partial charge in [-0.25, -0.2) is 0 Å². The van der Waals surface area contributed by atoms with Gasteiger partial charge in [0, 0.05) is 29.1 Å². The van der Waals surface area contributed by atoms with Crippen LogP contribution < -0.4 is 5.32 Å². The lowest BCUT2D eigenvalue weighted by atomic mass is 10.2. The summed E-state index contributed by atoms with van der Waals surface area (Å²) in [5.41, 5.74) is 1.64. The highest BCUT2D eigenvalue weighted by Crippen LogP contribution is 2.16. The minimum atomic E-state index is -0.0554. The highest BCUT2D eigenvalue weighted by atomic mass is 35.5. The number of aryl methyl sites for hydroxylation is 1. The molecule has 122 valence electrons. The first kappa shape index (κ1) is 16.2. The molecule has 0 unspecified atom stereocenters. The van der Waals surface area contributed by atoms with Crippen molar-refractivity contribution in [2.24, 2.45) is 0 Å². The zero-order valence-electron chi connectivity index (χ0n) is 12.9. The fourth-order valence-corrected chi connectivity index (χ4v) is 2.34. The summed E-state index contributed by atoms with van der Waals surface area (Å²) in [5.74, 6) is 1.05. The summed E-state index contributed by atoms with van der Waals surface area (Å²) in [6.07, 6.45) is 1.58. The van der Waals surface area contributed by atoms with E-state index < -0.39 is 0 Å². The molecule has 5 nitrogen and oxygen atoms in total. The van der Waals surface area contributed by atoms with E-state index in [0.29, 0.717) is 36.0 Å². The Kier molecular flexibility index (Phi) is 5.23. The molecule has 1 aromatic heterocycles. The van der Waals surface area contributed by atoms with E-state index in [-0.39, 0.29) is 5.91 Å². The van der Waals surface area contributed by atoms with Gasteiger partial charge in [-0.2, -0.15) is 4.98 Å². The fourth-order valence-electron chi connectivity index (χ4n) is 2.22. The summed E-state index contributed by atoms with van der Waals surface area (Å²) in [7, 11) is 0. The zero-order valence-corrected chi connectivity index (χ0v) is 13.7. The Hall–Kier alpha value is -2.66. The van der Waals surface area contributed by atoms with Gasteiger partial charge in [0.25, 0.3) is 0 Å². The van der Waals surface area contributed by atoms with Gasteiger partial charge in [0.1, 0.15) is 0 Å². The quantitative estimate of drug-likeness (QED) is 0.723. The van der Waals surface area contributed by atoms with E-state index in [0.717, 1.165) is 11.3 Å². The van der Waals surface area contributed by atoms with Gasteiger partial charge < -0.3 is 9.84 Å². The van der Waals surface area contributed by atoms with Crippen molar-refractivity contribution in [2.45, 2.75) is 19.3 Å². The van der Waals surface area contributed by atoms with E-state index in [1.54, 1.807) is 24.3 Å². The Morgan fingerprint density at radius 1 is 1.08 bits per heavy atom. The summed E-state index contributed by atoms with van der Waals surface area (Å²) in [6, 6.07) is 16.6. The largest absolute Gasteiger partial charge is 0.339 e. The molecule has 1 N–H and O–H groups in total. The Labute approximate surface area is 144 Å². The topological polar surface area (TPSA) is 68.0 Å². The van der Waals surface area contributed by atoms with Gasteiger partial charge in [-0.05, 0) is 30.7 Å². The highest BCUT2D eigenvalue weighted by Gasteiger charge is 2.09. The maximum absolute atomic E-state index is 11.9. The van der Waals surface area contributed by atoms with E-state index in [1.165, 1.54) is 0 Å². The first-order valence-electron chi connectivity index (χ1n) is 7.64. The third kappa shape index (κ3) is 4.43. The minimum Gasteiger partial charge on any atom is -0.339 e. The van der Waals surface area contributed by atoms with Gasteiger partial charge in [0.2, 0.25) is 17.6 Å². The standard InChI is InChI=1S/C18H16ClN3O2/c19-14-9-11-15(12-10-14)20-16(23)7-4-8-17-21-18(22-24-17)13-5-2-1-3-6-13/h1-3,5-6,9-12H,4,7-8H2,(H,20,23). The van der Waals surface area contributed by atoms with Crippen LogP contribution in [0.4, 0.5) is 5.69 Å². The second-order valence-corrected chi connectivity index (χ2v) is 5.72. The normalized spacial score (nSPS) is 10.5. The van der Waals surface area contributed by atoms with Crippen LogP contribution >= 0.6 is 11.6 Å². The molecule has 3 rings (SSSR count). The first-order valence-corrected chi connectivity index (χ1v) is 8.02. The molecular weight excluding hydrogens is 326 g/mol. The Balaban J connectivity index is 1.47. The SMILES string of the molecule is O=C(CCCc1nc(-c2ccccc2)no1)Nc1ccc(Cl)cc1.